The normalized spacial score (nSPS) is 11.1. The molecular weight excluding hydrogens is 420 g/mol. The summed E-state index contributed by atoms with van der Waals surface area (Å²) in [5, 5.41) is 0. The van der Waals surface area contributed by atoms with Crippen molar-refractivity contribution in [3.8, 4) is 22.8 Å². The van der Waals surface area contributed by atoms with Gasteiger partial charge in [0.05, 0.1) is 17.9 Å². The van der Waals surface area contributed by atoms with Crippen LogP contribution in [0.15, 0.2) is 47.3 Å². The lowest BCUT2D eigenvalue weighted by Gasteiger charge is -2.08. The number of carbonyl (C=O) groups excluding carboxylic acids is 1. The Morgan fingerprint density at radius 2 is 1.81 bits per heavy atom. The van der Waals surface area contributed by atoms with E-state index in [2.05, 4.69) is 9.97 Å². The molecule has 2 aromatic carbocycles. The predicted molar refractivity (Wildman–Crippen MR) is 114 cm³/mol. The first-order valence-corrected chi connectivity index (χ1v) is 9.87. The second-order valence-corrected chi connectivity index (χ2v) is 6.85. The van der Waals surface area contributed by atoms with Crippen LogP contribution in [0, 0.1) is 11.6 Å². The zero-order chi connectivity index (χ0) is 23.0. The van der Waals surface area contributed by atoms with E-state index >= 15 is 0 Å². The number of halogens is 2. The largest absolute Gasteiger partial charge is 0.494 e. The third-order valence-corrected chi connectivity index (χ3v) is 4.90. The van der Waals surface area contributed by atoms with Crippen molar-refractivity contribution in [3.63, 3.8) is 0 Å². The molecule has 10 heteroatoms. The van der Waals surface area contributed by atoms with Crippen LogP contribution in [0.5, 0.6) is 5.75 Å². The standard InChI is InChI=1S/C22H19F2N5O3/c1-3-28-18-17(19(25)30)26-20(15-10-5-12(23)11-16(15)24)27-21(18)29(22(28)31)13-6-8-14(9-7-13)32-4-2/h5-11H,3-4H2,1-2H3,(H2,25,30). The third-order valence-electron chi connectivity index (χ3n) is 4.90. The molecule has 2 heterocycles. The minimum Gasteiger partial charge on any atom is -0.494 e. The number of nitrogens with two attached hydrogens (primary N) is 1. The molecule has 0 spiro atoms. The van der Waals surface area contributed by atoms with E-state index in [1.807, 2.05) is 6.92 Å². The lowest BCUT2D eigenvalue weighted by atomic mass is 10.2. The molecule has 164 valence electrons. The first-order valence-electron chi connectivity index (χ1n) is 9.87. The molecule has 0 aliphatic carbocycles. The van der Waals surface area contributed by atoms with Gasteiger partial charge in [0, 0.05) is 12.6 Å². The van der Waals surface area contributed by atoms with Crippen molar-refractivity contribution in [2.45, 2.75) is 20.4 Å². The Labute approximate surface area is 180 Å². The molecule has 2 aromatic heterocycles. The molecule has 0 saturated heterocycles. The van der Waals surface area contributed by atoms with Crippen LogP contribution >= 0.6 is 0 Å². The second-order valence-electron chi connectivity index (χ2n) is 6.85. The minimum atomic E-state index is -0.912. The third kappa shape index (κ3) is 3.49. The van der Waals surface area contributed by atoms with Gasteiger partial charge >= 0.3 is 5.69 Å². The summed E-state index contributed by atoms with van der Waals surface area (Å²) >= 11 is 0. The minimum absolute atomic E-state index is 0.0727. The van der Waals surface area contributed by atoms with Crippen LogP contribution in [0.25, 0.3) is 28.2 Å². The molecule has 0 aliphatic heterocycles. The number of benzene rings is 2. The number of rotatable bonds is 6. The molecule has 0 radical (unpaired) electrons. The van der Waals surface area contributed by atoms with E-state index in [0.717, 1.165) is 12.1 Å². The molecule has 4 rings (SSSR count). The number of hydrogen-bond acceptors (Lipinski definition) is 5. The quantitative estimate of drug-likeness (QED) is 0.497. The van der Waals surface area contributed by atoms with Gasteiger partial charge in [-0.15, -0.1) is 0 Å². The fourth-order valence-electron chi connectivity index (χ4n) is 3.50. The summed E-state index contributed by atoms with van der Waals surface area (Å²) in [5.41, 5.74) is 5.35. The van der Waals surface area contributed by atoms with E-state index < -0.39 is 23.2 Å². The Balaban J connectivity index is 2.06. The molecule has 0 saturated carbocycles. The molecular formula is C22H19F2N5O3. The van der Waals surface area contributed by atoms with Crippen LogP contribution < -0.4 is 16.2 Å². The number of aromatic nitrogens is 4. The van der Waals surface area contributed by atoms with Gasteiger partial charge < -0.3 is 10.5 Å². The smallest absolute Gasteiger partial charge is 0.335 e. The maximum atomic E-state index is 14.4. The number of hydrogen-bond donors (Lipinski definition) is 1. The predicted octanol–water partition coefficient (Wildman–Crippen LogP) is 3.04. The van der Waals surface area contributed by atoms with Crippen LogP contribution in [0.1, 0.15) is 24.3 Å². The van der Waals surface area contributed by atoms with Crippen LogP contribution in [0.2, 0.25) is 0 Å². The summed E-state index contributed by atoms with van der Waals surface area (Å²) in [6, 6.07) is 9.60. The first-order chi connectivity index (χ1) is 15.3. The van der Waals surface area contributed by atoms with Gasteiger partial charge in [0.15, 0.2) is 17.2 Å². The topological polar surface area (TPSA) is 105 Å². The SMILES string of the molecule is CCOc1ccc(-n2c(=O)n(CC)c3c(C(N)=O)nc(-c4ccc(F)cc4F)nc32)cc1. The van der Waals surface area contributed by atoms with Crippen molar-refractivity contribution in [1.82, 2.24) is 19.1 Å². The van der Waals surface area contributed by atoms with Crippen molar-refractivity contribution in [3.05, 3.63) is 70.3 Å². The zero-order valence-electron chi connectivity index (χ0n) is 17.3. The number of fused-ring (bicyclic) bond motifs is 1. The second kappa shape index (κ2) is 8.22. The van der Waals surface area contributed by atoms with Gasteiger partial charge in [-0.25, -0.2) is 28.1 Å². The summed E-state index contributed by atoms with van der Waals surface area (Å²) in [7, 11) is 0. The number of carbonyl (C=O) groups is 1. The van der Waals surface area contributed by atoms with E-state index in [0.29, 0.717) is 24.1 Å². The monoisotopic (exact) mass is 439 g/mol. The highest BCUT2D eigenvalue weighted by Gasteiger charge is 2.24. The molecule has 1 amide bonds. The van der Waals surface area contributed by atoms with E-state index in [9.17, 15) is 18.4 Å². The lowest BCUT2D eigenvalue weighted by Crippen LogP contribution is -2.23. The highest BCUT2D eigenvalue weighted by Crippen LogP contribution is 2.26. The van der Waals surface area contributed by atoms with Gasteiger partial charge in [-0.3, -0.25) is 9.36 Å². The summed E-state index contributed by atoms with van der Waals surface area (Å²) in [6.07, 6.45) is 0. The zero-order valence-corrected chi connectivity index (χ0v) is 17.3. The summed E-state index contributed by atoms with van der Waals surface area (Å²) in [6.45, 7) is 4.27. The molecule has 0 unspecified atom stereocenters. The molecule has 0 aliphatic rings. The summed E-state index contributed by atoms with van der Waals surface area (Å²) in [5.74, 6) is -2.18. The number of primary amides is 1. The molecule has 0 bridgehead atoms. The molecule has 4 aromatic rings. The number of amides is 1. The maximum Gasteiger partial charge on any atom is 0.335 e. The number of ether oxygens (including phenoxy) is 1. The van der Waals surface area contributed by atoms with Gasteiger partial charge in [-0.1, -0.05) is 0 Å². The summed E-state index contributed by atoms with van der Waals surface area (Å²) in [4.78, 5) is 33.9. The fraction of sp³-hybridized carbons (Fsp3) is 0.182. The first kappa shape index (κ1) is 21.2. The van der Waals surface area contributed by atoms with Gasteiger partial charge in [0.25, 0.3) is 5.91 Å². The molecule has 32 heavy (non-hydrogen) atoms. The van der Waals surface area contributed by atoms with Gasteiger partial charge in [-0.05, 0) is 50.2 Å². The number of imidazole rings is 1. The lowest BCUT2D eigenvalue weighted by molar-refractivity contribution is 0.0997. The molecule has 2 N–H and O–H groups in total. The Morgan fingerprint density at radius 3 is 2.41 bits per heavy atom. The van der Waals surface area contributed by atoms with Crippen molar-refractivity contribution < 1.29 is 18.3 Å². The fourth-order valence-corrected chi connectivity index (χ4v) is 3.50. The van der Waals surface area contributed by atoms with E-state index in [4.69, 9.17) is 10.5 Å². The van der Waals surface area contributed by atoms with Crippen LogP contribution in [0.3, 0.4) is 0 Å². The molecule has 0 atom stereocenters. The van der Waals surface area contributed by atoms with E-state index in [1.165, 1.54) is 9.13 Å². The highest BCUT2D eigenvalue weighted by molar-refractivity contribution is 6.02. The van der Waals surface area contributed by atoms with Crippen molar-refractivity contribution in [1.29, 1.82) is 0 Å². The Hall–Kier alpha value is -4.08. The van der Waals surface area contributed by atoms with Crippen molar-refractivity contribution >= 4 is 17.1 Å². The highest BCUT2D eigenvalue weighted by atomic mass is 19.1. The van der Waals surface area contributed by atoms with E-state index in [-0.39, 0.29) is 34.8 Å². The van der Waals surface area contributed by atoms with Crippen LogP contribution in [-0.2, 0) is 6.54 Å². The Morgan fingerprint density at radius 1 is 1.09 bits per heavy atom. The Bertz CT molecular complexity index is 1390. The van der Waals surface area contributed by atoms with E-state index in [1.54, 1.807) is 31.2 Å². The van der Waals surface area contributed by atoms with Crippen LogP contribution in [-0.4, -0.2) is 31.6 Å². The Kier molecular flexibility index (Phi) is 5.43. The van der Waals surface area contributed by atoms with Crippen molar-refractivity contribution in [2.75, 3.05) is 6.61 Å². The maximum absolute atomic E-state index is 14.4. The van der Waals surface area contributed by atoms with Crippen molar-refractivity contribution in [2.24, 2.45) is 5.73 Å². The van der Waals surface area contributed by atoms with Gasteiger partial charge in [0.2, 0.25) is 0 Å². The number of nitrogens with zero attached hydrogens (tertiary/aromatic N) is 4. The molecule has 0 fully saturated rings. The average molecular weight is 439 g/mol. The number of aryl methyl sites for hydroxylation is 1. The molecule has 8 nitrogen and oxygen atoms in total. The van der Waals surface area contributed by atoms with Gasteiger partial charge in [0.1, 0.15) is 22.9 Å². The van der Waals surface area contributed by atoms with Gasteiger partial charge in [-0.2, -0.15) is 0 Å². The van der Waals surface area contributed by atoms with Crippen LogP contribution in [0.4, 0.5) is 8.78 Å². The average Bonchev–Trinajstić information content (AvgIpc) is 3.04. The summed E-state index contributed by atoms with van der Waals surface area (Å²) < 4.78 is 35.9.